The lowest BCUT2D eigenvalue weighted by atomic mass is 10.0. The number of amides is 1. The number of carbonyl (C=O) groups is 2. The maximum Gasteiger partial charge on any atom is 0.358 e. The Labute approximate surface area is 135 Å². The Kier molecular flexibility index (Phi) is 3.98. The number of methoxy groups -OCH3 is 1. The monoisotopic (exact) mass is 363 g/mol. The smallest absolute Gasteiger partial charge is 0.358 e. The molecular weight excluding hydrogens is 350 g/mol. The topological polar surface area (TPSA) is 75.3 Å². The van der Waals surface area contributed by atoms with Crippen molar-refractivity contribution in [2.45, 2.75) is 13.0 Å². The first kappa shape index (κ1) is 14.8. The Balaban J connectivity index is 1.81. The van der Waals surface area contributed by atoms with Crippen molar-refractivity contribution in [1.82, 2.24) is 15.1 Å². The molecule has 0 bridgehead atoms. The molecule has 0 fully saturated rings. The second-order valence-electron chi connectivity index (χ2n) is 5.01. The van der Waals surface area contributed by atoms with Crippen LogP contribution in [0.2, 0.25) is 0 Å². The van der Waals surface area contributed by atoms with Crippen molar-refractivity contribution in [3.05, 3.63) is 51.3 Å². The lowest BCUT2D eigenvalue weighted by molar-refractivity contribution is 0.0592. The highest BCUT2D eigenvalue weighted by atomic mass is 79.9. The van der Waals surface area contributed by atoms with Crippen LogP contribution in [0.25, 0.3) is 0 Å². The number of aromatic nitrogens is 2. The van der Waals surface area contributed by atoms with E-state index in [9.17, 15) is 9.59 Å². The fourth-order valence-corrected chi connectivity index (χ4v) is 2.96. The van der Waals surface area contributed by atoms with Gasteiger partial charge in [0.2, 0.25) is 0 Å². The second-order valence-corrected chi connectivity index (χ2v) is 5.92. The number of hydrogen-bond acceptors (Lipinski definition) is 4. The first-order valence-corrected chi connectivity index (χ1v) is 7.58. The SMILES string of the molecule is COC(=O)c1n[nH]c2c1CCN(C(=O)c1cccc(Br)c1)C2. The van der Waals surface area contributed by atoms with Gasteiger partial charge in [-0.3, -0.25) is 9.89 Å². The van der Waals surface area contributed by atoms with Crippen molar-refractivity contribution in [1.29, 1.82) is 0 Å². The Bertz CT molecular complexity index is 741. The van der Waals surface area contributed by atoms with Crippen molar-refractivity contribution < 1.29 is 14.3 Å². The number of esters is 1. The summed E-state index contributed by atoms with van der Waals surface area (Å²) < 4.78 is 5.58. The molecule has 7 heteroatoms. The van der Waals surface area contributed by atoms with Crippen molar-refractivity contribution in [3.8, 4) is 0 Å². The van der Waals surface area contributed by atoms with Crippen LogP contribution in [0, 0.1) is 0 Å². The Morgan fingerprint density at radius 3 is 2.95 bits per heavy atom. The molecule has 0 atom stereocenters. The summed E-state index contributed by atoms with van der Waals surface area (Å²) in [6.45, 7) is 0.951. The molecule has 2 aromatic rings. The first-order chi connectivity index (χ1) is 10.6. The molecule has 0 saturated heterocycles. The number of H-pyrrole nitrogens is 1. The van der Waals surface area contributed by atoms with E-state index in [0.717, 1.165) is 15.7 Å². The van der Waals surface area contributed by atoms with Gasteiger partial charge in [-0.2, -0.15) is 5.10 Å². The van der Waals surface area contributed by atoms with E-state index in [4.69, 9.17) is 4.74 Å². The summed E-state index contributed by atoms with van der Waals surface area (Å²) in [6, 6.07) is 7.29. The Hall–Kier alpha value is -2.15. The molecule has 6 nitrogen and oxygen atoms in total. The van der Waals surface area contributed by atoms with Crippen LogP contribution in [0.3, 0.4) is 0 Å². The van der Waals surface area contributed by atoms with E-state index < -0.39 is 5.97 Å². The third-order valence-corrected chi connectivity index (χ3v) is 4.16. The number of nitrogens with zero attached hydrogens (tertiary/aromatic N) is 2. The van der Waals surface area contributed by atoms with Crippen molar-refractivity contribution in [3.63, 3.8) is 0 Å². The van der Waals surface area contributed by atoms with E-state index in [-0.39, 0.29) is 5.91 Å². The zero-order valence-corrected chi connectivity index (χ0v) is 13.5. The van der Waals surface area contributed by atoms with E-state index >= 15 is 0 Å². The maximum absolute atomic E-state index is 12.5. The van der Waals surface area contributed by atoms with Crippen LogP contribution in [0.4, 0.5) is 0 Å². The molecule has 1 aliphatic rings. The van der Waals surface area contributed by atoms with Crippen LogP contribution >= 0.6 is 15.9 Å². The van der Waals surface area contributed by atoms with Crippen LogP contribution in [0.5, 0.6) is 0 Å². The molecule has 0 spiro atoms. The lowest BCUT2D eigenvalue weighted by Gasteiger charge is -2.26. The molecule has 0 radical (unpaired) electrons. The van der Waals surface area contributed by atoms with E-state index in [2.05, 4.69) is 26.1 Å². The predicted molar refractivity (Wildman–Crippen MR) is 82.5 cm³/mol. The van der Waals surface area contributed by atoms with Gasteiger partial charge < -0.3 is 9.64 Å². The van der Waals surface area contributed by atoms with Gasteiger partial charge in [-0.05, 0) is 24.6 Å². The van der Waals surface area contributed by atoms with Gasteiger partial charge in [-0.15, -0.1) is 0 Å². The van der Waals surface area contributed by atoms with Gasteiger partial charge in [0.15, 0.2) is 5.69 Å². The minimum Gasteiger partial charge on any atom is -0.464 e. The molecule has 1 amide bonds. The molecule has 1 aromatic heterocycles. The van der Waals surface area contributed by atoms with Crippen LogP contribution in [-0.4, -0.2) is 40.6 Å². The van der Waals surface area contributed by atoms with Crippen LogP contribution in [0.15, 0.2) is 28.7 Å². The largest absolute Gasteiger partial charge is 0.464 e. The molecule has 1 aromatic carbocycles. The minimum atomic E-state index is -0.454. The van der Waals surface area contributed by atoms with Gasteiger partial charge in [0.1, 0.15) is 0 Å². The highest BCUT2D eigenvalue weighted by molar-refractivity contribution is 9.10. The molecule has 0 aliphatic carbocycles. The van der Waals surface area contributed by atoms with Gasteiger partial charge in [-0.1, -0.05) is 22.0 Å². The number of rotatable bonds is 2. The Morgan fingerprint density at radius 2 is 2.23 bits per heavy atom. The summed E-state index contributed by atoms with van der Waals surface area (Å²) in [7, 11) is 1.33. The normalized spacial score (nSPS) is 13.6. The highest BCUT2D eigenvalue weighted by Crippen LogP contribution is 2.23. The molecule has 0 unspecified atom stereocenters. The fraction of sp³-hybridized carbons (Fsp3) is 0.267. The van der Waals surface area contributed by atoms with Crippen LogP contribution < -0.4 is 0 Å². The molecule has 2 heterocycles. The van der Waals surface area contributed by atoms with Gasteiger partial charge in [0.05, 0.1) is 19.3 Å². The third-order valence-electron chi connectivity index (χ3n) is 3.67. The first-order valence-electron chi connectivity index (χ1n) is 6.79. The predicted octanol–water partition coefficient (Wildman–Crippen LogP) is 2.16. The zero-order valence-electron chi connectivity index (χ0n) is 11.9. The number of fused-ring (bicyclic) bond motifs is 1. The summed E-state index contributed by atoms with van der Waals surface area (Å²) in [4.78, 5) is 25.9. The maximum atomic E-state index is 12.5. The molecule has 22 heavy (non-hydrogen) atoms. The van der Waals surface area contributed by atoms with Crippen LogP contribution in [-0.2, 0) is 17.7 Å². The molecule has 1 aliphatic heterocycles. The highest BCUT2D eigenvalue weighted by Gasteiger charge is 2.28. The summed E-state index contributed by atoms with van der Waals surface area (Å²) in [5, 5.41) is 6.84. The molecular formula is C15H14BrN3O3. The van der Waals surface area contributed by atoms with E-state index in [1.165, 1.54) is 7.11 Å². The van der Waals surface area contributed by atoms with Crippen LogP contribution in [0.1, 0.15) is 32.1 Å². The molecule has 1 N–H and O–H groups in total. The van der Waals surface area contributed by atoms with Crippen molar-refractivity contribution >= 4 is 27.8 Å². The van der Waals surface area contributed by atoms with Gasteiger partial charge in [0, 0.05) is 22.1 Å². The average molecular weight is 364 g/mol. The number of nitrogens with one attached hydrogen (secondary N) is 1. The molecule has 0 saturated carbocycles. The number of benzene rings is 1. The standard InChI is InChI=1S/C15H14BrN3O3/c1-22-15(21)13-11-5-6-19(8-12(11)17-18-13)14(20)9-3-2-4-10(16)7-9/h2-4,7H,5-6,8H2,1H3,(H,17,18). The number of halogens is 1. The number of aromatic amines is 1. The summed E-state index contributed by atoms with van der Waals surface area (Å²) in [5.41, 5.74) is 2.57. The average Bonchev–Trinajstić information content (AvgIpc) is 2.96. The number of ether oxygens (including phenoxy) is 1. The quantitative estimate of drug-likeness (QED) is 0.829. The molecule has 114 valence electrons. The Morgan fingerprint density at radius 1 is 1.41 bits per heavy atom. The fourth-order valence-electron chi connectivity index (χ4n) is 2.56. The van der Waals surface area contributed by atoms with Gasteiger partial charge >= 0.3 is 5.97 Å². The minimum absolute atomic E-state index is 0.0406. The van der Waals surface area contributed by atoms with E-state index in [1.807, 2.05) is 12.1 Å². The lowest BCUT2D eigenvalue weighted by Crippen LogP contribution is -2.36. The summed E-state index contributed by atoms with van der Waals surface area (Å²) >= 11 is 3.37. The summed E-state index contributed by atoms with van der Waals surface area (Å²) in [5.74, 6) is -0.495. The number of hydrogen-bond donors (Lipinski definition) is 1. The van der Waals surface area contributed by atoms with Gasteiger partial charge in [0.25, 0.3) is 5.91 Å². The van der Waals surface area contributed by atoms with Gasteiger partial charge in [-0.25, -0.2) is 4.79 Å². The molecule has 3 rings (SSSR count). The number of carbonyl (C=O) groups excluding carboxylic acids is 2. The second kappa shape index (κ2) is 5.92. The third kappa shape index (κ3) is 2.64. The van der Waals surface area contributed by atoms with Crippen molar-refractivity contribution in [2.24, 2.45) is 0 Å². The summed E-state index contributed by atoms with van der Waals surface area (Å²) in [6.07, 6.45) is 0.579. The van der Waals surface area contributed by atoms with Crippen molar-refractivity contribution in [2.75, 3.05) is 13.7 Å². The van der Waals surface area contributed by atoms with E-state index in [1.54, 1.807) is 17.0 Å². The zero-order chi connectivity index (χ0) is 15.7. The van der Waals surface area contributed by atoms with E-state index in [0.29, 0.717) is 30.8 Å².